The van der Waals surface area contributed by atoms with E-state index >= 15 is 0 Å². The summed E-state index contributed by atoms with van der Waals surface area (Å²) in [5, 5.41) is 2.83. The monoisotopic (exact) mass is 399 g/mol. The summed E-state index contributed by atoms with van der Waals surface area (Å²) in [6, 6.07) is 24.1. The summed E-state index contributed by atoms with van der Waals surface area (Å²) in [5.74, 6) is 0.0617. The molecule has 0 radical (unpaired) electrons. The van der Waals surface area contributed by atoms with Crippen LogP contribution in [0.2, 0.25) is 0 Å². The zero-order valence-electron chi connectivity index (χ0n) is 16.5. The van der Waals surface area contributed by atoms with E-state index in [9.17, 15) is 9.59 Å². The van der Waals surface area contributed by atoms with E-state index < -0.39 is 0 Å². The third kappa shape index (κ3) is 4.07. The molecule has 6 nitrogen and oxygen atoms in total. The Balaban J connectivity index is 1.61. The van der Waals surface area contributed by atoms with Crippen molar-refractivity contribution < 1.29 is 14.3 Å². The summed E-state index contributed by atoms with van der Waals surface area (Å²) >= 11 is 0. The van der Waals surface area contributed by atoms with Gasteiger partial charge in [0.2, 0.25) is 11.8 Å². The average Bonchev–Trinajstić information content (AvgIpc) is 2.91. The number of hydrogen-bond donors (Lipinski definition) is 1. The van der Waals surface area contributed by atoms with Crippen LogP contribution in [0, 0.1) is 0 Å². The van der Waals surface area contributed by atoms with Gasteiger partial charge < -0.3 is 15.0 Å². The van der Waals surface area contributed by atoms with Crippen LogP contribution in [0.5, 0.6) is 5.75 Å². The van der Waals surface area contributed by atoms with Crippen molar-refractivity contribution >= 4 is 34.6 Å². The largest absolute Gasteiger partial charge is 0.495 e. The number of carbonyl (C=O) groups excluding carboxylic acids is 2. The summed E-state index contributed by atoms with van der Waals surface area (Å²) < 4.78 is 5.28. The topological polar surface area (TPSA) is 71.0 Å². The molecule has 0 bridgehead atoms. The molecule has 0 aromatic heterocycles. The van der Waals surface area contributed by atoms with E-state index in [1.165, 1.54) is 4.90 Å². The minimum absolute atomic E-state index is 0.112. The van der Waals surface area contributed by atoms with Crippen molar-refractivity contribution in [3.8, 4) is 5.75 Å². The molecule has 0 atom stereocenters. The van der Waals surface area contributed by atoms with Gasteiger partial charge >= 0.3 is 0 Å². The zero-order chi connectivity index (χ0) is 20.9. The van der Waals surface area contributed by atoms with Crippen molar-refractivity contribution in [1.29, 1.82) is 0 Å². The number of para-hydroxylation sites is 4. The maximum absolute atomic E-state index is 13.1. The lowest BCUT2D eigenvalue weighted by molar-refractivity contribution is -0.120. The van der Waals surface area contributed by atoms with Crippen LogP contribution in [0.1, 0.15) is 12.0 Å². The molecule has 6 heteroatoms. The second-order valence-corrected chi connectivity index (χ2v) is 6.82. The Bertz CT molecular complexity index is 1110. The fraction of sp³-hybridized carbons (Fsp3) is 0.125. The fourth-order valence-electron chi connectivity index (χ4n) is 3.40. The number of carbonyl (C=O) groups is 2. The molecule has 2 amide bonds. The molecule has 1 heterocycles. The van der Waals surface area contributed by atoms with E-state index in [4.69, 9.17) is 9.73 Å². The minimum atomic E-state index is -0.314. The lowest BCUT2D eigenvalue weighted by atomic mass is 10.1. The molecule has 3 aromatic carbocycles. The van der Waals surface area contributed by atoms with Crippen molar-refractivity contribution in [2.45, 2.75) is 6.42 Å². The van der Waals surface area contributed by atoms with E-state index in [0.29, 0.717) is 28.5 Å². The number of hydrogen-bond acceptors (Lipinski definition) is 4. The Morgan fingerprint density at radius 1 is 1.00 bits per heavy atom. The molecule has 150 valence electrons. The van der Waals surface area contributed by atoms with Gasteiger partial charge in [0.05, 0.1) is 36.3 Å². The van der Waals surface area contributed by atoms with Gasteiger partial charge in [0.15, 0.2) is 0 Å². The number of rotatable bonds is 5. The minimum Gasteiger partial charge on any atom is -0.495 e. The number of fused-ring (bicyclic) bond motifs is 1. The quantitative estimate of drug-likeness (QED) is 0.699. The molecule has 1 N–H and O–H groups in total. The van der Waals surface area contributed by atoms with E-state index in [2.05, 4.69) is 5.32 Å². The molecular formula is C24H21N3O3. The summed E-state index contributed by atoms with van der Waals surface area (Å²) in [6.45, 7) is -0.120. The molecule has 0 fully saturated rings. The molecule has 0 saturated carbocycles. The van der Waals surface area contributed by atoms with Gasteiger partial charge in [0.1, 0.15) is 12.3 Å². The zero-order valence-corrected chi connectivity index (χ0v) is 16.5. The van der Waals surface area contributed by atoms with Crippen molar-refractivity contribution in [3.05, 3.63) is 84.4 Å². The van der Waals surface area contributed by atoms with Gasteiger partial charge in [-0.1, -0.05) is 54.6 Å². The van der Waals surface area contributed by atoms with Crippen LogP contribution < -0.4 is 15.0 Å². The molecule has 1 aliphatic rings. The van der Waals surface area contributed by atoms with Gasteiger partial charge in [-0.25, -0.2) is 0 Å². The normalized spacial score (nSPS) is 13.2. The number of amides is 2. The predicted molar refractivity (Wildman–Crippen MR) is 118 cm³/mol. The van der Waals surface area contributed by atoms with Crippen LogP contribution in [-0.2, 0) is 9.59 Å². The van der Waals surface area contributed by atoms with Crippen molar-refractivity contribution in [2.24, 2.45) is 4.99 Å². The van der Waals surface area contributed by atoms with E-state index in [-0.39, 0.29) is 24.8 Å². The molecule has 4 rings (SSSR count). The van der Waals surface area contributed by atoms with Crippen LogP contribution in [0.25, 0.3) is 0 Å². The highest BCUT2D eigenvalue weighted by atomic mass is 16.5. The molecule has 0 saturated heterocycles. The van der Waals surface area contributed by atoms with E-state index in [1.54, 1.807) is 25.3 Å². The van der Waals surface area contributed by atoms with Gasteiger partial charge in [0.25, 0.3) is 0 Å². The number of nitrogens with zero attached hydrogens (tertiary/aromatic N) is 2. The maximum Gasteiger partial charge on any atom is 0.244 e. The Morgan fingerprint density at radius 2 is 1.70 bits per heavy atom. The molecule has 1 aliphatic heterocycles. The highest BCUT2D eigenvalue weighted by Crippen LogP contribution is 2.33. The lowest BCUT2D eigenvalue weighted by Gasteiger charge is -2.22. The number of ether oxygens (including phenoxy) is 1. The molecule has 30 heavy (non-hydrogen) atoms. The maximum atomic E-state index is 13.1. The van der Waals surface area contributed by atoms with Crippen LogP contribution >= 0.6 is 0 Å². The first-order valence-electron chi connectivity index (χ1n) is 9.61. The lowest BCUT2D eigenvalue weighted by Crippen LogP contribution is -2.38. The number of aliphatic imine (C=N–C) groups is 1. The Labute approximate surface area is 174 Å². The highest BCUT2D eigenvalue weighted by Gasteiger charge is 2.26. The van der Waals surface area contributed by atoms with Gasteiger partial charge in [-0.05, 0) is 29.8 Å². The summed E-state index contributed by atoms with van der Waals surface area (Å²) in [5.41, 5.74) is 3.40. The first kappa shape index (κ1) is 19.4. The van der Waals surface area contributed by atoms with Crippen molar-refractivity contribution in [2.75, 3.05) is 23.9 Å². The first-order chi connectivity index (χ1) is 14.7. The van der Waals surface area contributed by atoms with Crippen LogP contribution in [0.4, 0.5) is 17.1 Å². The first-order valence-corrected chi connectivity index (χ1v) is 9.61. The van der Waals surface area contributed by atoms with Gasteiger partial charge in [-0.2, -0.15) is 0 Å². The third-order valence-corrected chi connectivity index (χ3v) is 4.84. The van der Waals surface area contributed by atoms with E-state index in [0.717, 1.165) is 5.56 Å². The second-order valence-electron chi connectivity index (χ2n) is 6.82. The molecule has 0 spiro atoms. The number of anilines is 2. The molecule has 0 unspecified atom stereocenters. The Kier molecular flexibility index (Phi) is 5.57. The molecular weight excluding hydrogens is 378 g/mol. The SMILES string of the molecule is COc1ccccc1NC(=O)CN1C(=O)CC(c2ccccc2)=Nc2ccccc21. The van der Waals surface area contributed by atoms with Crippen LogP contribution in [-0.4, -0.2) is 31.2 Å². The standard InChI is InChI=1S/C24H21N3O3/c1-30-22-14-8-6-12-19(22)26-23(28)16-27-21-13-7-5-11-18(21)25-20(15-24(27)29)17-9-3-2-4-10-17/h2-14H,15-16H2,1H3,(H,26,28). The number of benzene rings is 3. The Hall–Kier alpha value is -3.93. The van der Waals surface area contributed by atoms with Gasteiger partial charge in [-0.3, -0.25) is 14.6 Å². The van der Waals surface area contributed by atoms with E-state index in [1.807, 2.05) is 60.7 Å². The van der Waals surface area contributed by atoms with Gasteiger partial charge in [0, 0.05) is 0 Å². The smallest absolute Gasteiger partial charge is 0.244 e. The molecule has 0 aliphatic carbocycles. The number of methoxy groups -OCH3 is 1. The fourth-order valence-corrected chi connectivity index (χ4v) is 3.40. The highest BCUT2D eigenvalue weighted by molar-refractivity contribution is 6.19. The van der Waals surface area contributed by atoms with Crippen molar-refractivity contribution in [3.63, 3.8) is 0 Å². The number of nitrogens with one attached hydrogen (secondary N) is 1. The summed E-state index contributed by atoms with van der Waals surface area (Å²) in [4.78, 5) is 32.1. The van der Waals surface area contributed by atoms with Crippen LogP contribution in [0.3, 0.4) is 0 Å². The van der Waals surface area contributed by atoms with Crippen molar-refractivity contribution in [1.82, 2.24) is 0 Å². The average molecular weight is 399 g/mol. The Morgan fingerprint density at radius 3 is 2.50 bits per heavy atom. The second kappa shape index (κ2) is 8.61. The summed E-state index contributed by atoms with van der Waals surface area (Å²) in [6.07, 6.45) is 0.112. The third-order valence-electron chi connectivity index (χ3n) is 4.84. The summed E-state index contributed by atoms with van der Waals surface area (Å²) in [7, 11) is 1.54. The molecule has 3 aromatic rings. The van der Waals surface area contributed by atoms with Crippen LogP contribution in [0.15, 0.2) is 83.9 Å². The van der Waals surface area contributed by atoms with Gasteiger partial charge in [-0.15, -0.1) is 0 Å². The predicted octanol–water partition coefficient (Wildman–Crippen LogP) is 4.19.